The van der Waals surface area contributed by atoms with Gasteiger partial charge >= 0.3 is 0 Å². The average molecular weight is 363 g/mol. The second-order valence-corrected chi connectivity index (χ2v) is 7.50. The lowest BCUT2D eigenvalue weighted by molar-refractivity contribution is 0.281. The van der Waals surface area contributed by atoms with Crippen LogP contribution in [0.5, 0.6) is 0 Å². The molecule has 24 heavy (non-hydrogen) atoms. The Morgan fingerprint density at radius 2 is 2.04 bits per heavy atom. The first-order valence-electron chi connectivity index (χ1n) is 8.26. The van der Waals surface area contributed by atoms with Gasteiger partial charge in [0.1, 0.15) is 5.76 Å². The summed E-state index contributed by atoms with van der Waals surface area (Å²) in [6.45, 7) is 7.49. The zero-order valence-corrected chi connectivity index (χ0v) is 16.4. The number of benzene rings is 1. The molecule has 2 rings (SSSR count). The standard InChI is InChI=1S/C19H26N2OS2/c1-14(2)10-11-21(15(3)18-9-6-12-22-18)19(23)20-16-7-5-8-17(13-16)24-4/h5-9,12-15H,10-11H2,1-4H3,(H,20,23)/t15-/m1/s1. The van der Waals surface area contributed by atoms with Gasteiger partial charge in [0.2, 0.25) is 0 Å². The van der Waals surface area contributed by atoms with Gasteiger partial charge in [-0.15, -0.1) is 11.8 Å². The molecule has 0 saturated carbocycles. The van der Waals surface area contributed by atoms with Crippen LogP contribution in [0.2, 0.25) is 0 Å². The van der Waals surface area contributed by atoms with Crippen LogP contribution in [0.1, 0.15) is 39.0 Å². The Balaban J connectivity index is 2.13. The summed E-state index contributed by atoms with van der Waals surface area (Å²) in [5.41, 5.74) is 1.02. The number of nitrogens with zero attached hydrogens (tertiary/aromatic N) is 1. The molecule has 0 radical (unpaired) electrons. The molecule has 0 saturated heterocycles. The Hall–Kier alpha value is -1.46. The lowest BCUT2D eigenvalue weighted by Crippen LogP contribution is -2.38. The highest BCUT2D eigenvalue weighted by Gasteiger charge is 2.21. The van der Waals surface area contributed by atoms with Gasteiger partial charge in [0.25, 0.3) is 0 Å². The Bertz CT molecular complexity index is 641. The van der Waals surface area contributed by atoms with Crippen molar-refractivity contribution in [3.8, 4) is 0 Å². The summed E-state index contributed by atoms with van der Waals surface area (Å²) in [5.74, 6) is 1.56. The molecule has 0 fully saturated rings. The van der Waals surface area contributed by atoms with Gasteiger partial charge in [-0.25, -0.2) is 0 Å². The topological polar surface area (TPSA) is 28.4 Å². The van der Waals surface area contributed by atoms with Crippen LogP contribution in [0.4, 0.5) is 5.69 Å². The summed E-state index contributed by atoms with van der Waals surface area (Å²) in [7, 11) is 0. The molecule has 0 aliphatic heterocycles. The predicted octanol–water partition coefficient (Wildman–Crippen LogP) is 5.81. The van der Waals surface area contributed by atoms with Crippen molar-refractivity contribution in [2.45, 2.75) is 38.1 Å². The normalized spacial score (nSPS) is 12.2. The molecule has 3 nitrogen and oxygen atoms in total. The van der Waals surface area contributed by atoms with Crippen LogP contribution in [-0.2, 0) is 0 Å². The minimum absolute atomic E-state index is 0.0995. The van der Waals surface area contributed by atoms with Gasteiger partial charge in [-0.3, -0.25) is 0 Å². The number of hydrogen-bond donors (Lipinski definition) is 1. The molecule has 0 bridgehead atoms. The maximum atomic E-state index is 5.71. The van der Waals surface area contributed by atoms with Gasteiger partial charge in [-0.05, 0) is 68.1 Å². The summed E-state index contributed by atoms with van der Waals surface area (Å²) >= 11 is 7.43. The predicted molar refractivity (Wildman–Crippen MR) is 108 cm³/mol. The molecular weight excluding hydrogens is 336 g/mol. The summed E-state index contributed by atoms with van der Waals surface area (Å²) < 4.78 is 5.59. The fourth-order valence-corrected chi connectivity index (χ4v) is 3.27. The van der Waals surface area contributed by atoms with E-state index in [9.17, 15) is 0 Å². The van der Waals surface area contributed by atoms with Gasteiger partial charge in [-0.1, -0.05) is 19.9 Å². The van der Waals surface area contributed by atoms with Crippen molar-refractivity contribution in [1.82, 2.24) is 4.90 Å². The van der Waals surface area contributed by atoms with Crippen LogP contribution >= 0.6 is 24.0 Å². The molecular formula is C19H26N2OS2. The summed E-state index contributed by atoms with van der Waals surface area (Å²) in [4.78, 5) is 3.43. The monoisotopic (exact) mass is 362 g/mol. The Morgan fingerprint density at radius 1 is 1.25 bits per heavy atom. The molecule has 0 unspecified atom stereocenters. The van der Waals surface area contributed by atoms with Gasteiger partial charge in [0, 0.05) is 17.1 Å². The minimum atomic E-state index is 0.0995. The first-order chi connectivity index (χ1) is 11.5. The van der Waals surface area contributed by atoms with Crippen molar-refractivity contribution in [2.75, 3.05) is 18.1 Å². The van der Waals surface area contributed by atoms with E-state index in [1.807, 2.05) is 24.3 Å². The molecule has 0 spiro atoms. The molecule has 0 aliphatic carbocycles. The van der Waals surface area contributed by atoms with Gasteiger partial charge in [0.05, 0.1) is 12.3 Å². The number of furan rings is 1. The largest absolute Gasteiger partial charge is 0.467 e. The third-order valence-electron chi connectivity index (χ3n) is 3.95. The van der Waals surface area contributed by atoms with Crippen molar-refractivity contribution in [1.29, 1.82) is 0 Å². The second-order valence-electron chi connectivity index (χ2n) is 6.23. The zero-order chi connectivity index (χ0) is 17.5. The molecule has 130 valence electrons. The molecule has 1 aromatic heterocycles. The van der Waals surface area contributed by atoms with Crippen LogP contribution in [0.3, 0.4) is 0 Å². The second kappa shape index (κ2) is 9.14. The van der Waals surface area contributed by atoms with Gasteiger partial charge in [0.15, 0.2) is 5.11 Å². The quantitative estimate of drug-likeness (QED) is 0.496. The molecule has 1 atom stereocenters. The molecule has 1 heterocycles. The summed E-state index contributed by atoms with van der Waals surface area (Å²) in [6, 6.07) is 12.3. The summed E-state index contributed by atoms with van der Waals surface area (Å²) in [5, 5.41) is 4.12. The molecule has 1 aromatic carbocycles. The Labute approximate surface area is 154 Å². The fraction of sp³-hybridized carbons (Fsp3) is 0.421. The van der Waals surface area contributed by atoms with E-state index in [1.165, 1.54) is 4.90 Å². The number of hydrogen-bond acceptors (Lipinski definition) is 3. The average Bonchev–Trinajstić information content (AvgIpc) is 3.09. The van der Waals surface area contributed by atoms with E-state index in [0.717, 1.165) is 29.5 Å². The third kappa shape index (κ3) is 5.28. The molecule has 5 heteroatoms. The Morgan fingerprint density at radius 3 is 2.67 bits per heavy atom. The number of nitrogens with one attached hydrogen (secondary N) is 1. The highest BCUT2D eigenvalue weighted by molar-refractivity contribution is 7.98. The van der Waals surface area contributed by atoms with E-state index < -0.39 is 0 Å². The number of anilines is 1. The van der Waals surface area contributed by atoms with Crippen LogP contribution < -0.4 is 5.32 Å². The van der Waals surface area contributed by atoms with Crippen molar-refractivity contribution >= 4 is 34.8 Å². The SMILES string of the molecule is CSc1cccc(NC(=S)N(CCC(C)C)[C@H](C)c2ccco2)c1. The minimum Gasteiger partial charge on any atom is -0.467 e. The van der Waals surface area contributed by atoms with Crippen molar-refractivity contribution in [3.05, 3.63) is 48.4 Å². The van der Waals surface area contributed by atoms with E-state index >= 15 is 0 Å². The first-order valence-corrected chi connectivity index (χ1v) is 9.89. The lowest BCUT2D eigenvalue weighted by atomic mass is 10.1. The number of thioether (sulfide) groups is 1. The first kappa shape index (κ1) is 18.9. The zero-order valence-electron chi connectivity index (χ0n) is 14.8. The van der Waals surface area contributed by atoms with Crippen molar-refractivity contribution in [2.24, 2.45) is 5.92 Å². The highest BCUT2D eigenvalue weighted by Crippen LogP contribution is 2.24. The third-order valence-corrected chi connectivity index (χ3v) is 5.01. The molecule has 1 N–H and O–H groups in total. The summed E-state index contributed by atoms with van der Waals surface area (Å²) in [6.07, 6.45) is 4.87. The molecule has 2 aromatic rings. The van der Waals surface area contributed by atoms with E-state index in [1.54, 1.807) is 18.0 Å². The number of thiocarbonyl (C=S) groups is 1. The smallest absolute Gasteiger partial charge is 0.174 e. The Kier molecular flexibility index (Phi) is 7.18. The maximum Gasteiger partial charge on any atom is 0.174 e. The van der Waals surface area contributed by atoms with Crippen LogP contribution in [0.15, 0.2) is 52.0 Å². The fourth-order valence-electron chi connectivity index (χ4n) is 2.45. The highest BCUT2D eigenvalue weighted by atomic mass is 32.2. The van der Waals surface area contributed by atoms with Crippen molar-refractivity contribution in [3.63, 3.8) is 0 Å². The van der Waals surface area contributed by atoms with Crippen LogP contribution in [0.25, 0.3) is 0 Å². The van der Waals surface area contributed by atoms with Crippen LogP contribution in [0, 0.1) is 5.92 Å². The van der Waals surface area contributed by atoms with E-state index in [-0.39, 0.29) is 6.04 Å². The van der Waals surface area contributed by atoms with Gasteiger partial charge in [-0.2, -0.15) is 0 Å². The van der Waals surface area contributed by atoms with E-state index in [4.69, 9.17) is 16.6 Å². The number of rotatable bonds is 7. The van der Waals surface area contributed by atoms with Crippen LogP contribution in [-0.4, -0.2) is 22.8 Å². The molecule has 0 aliphatic rings. The van der Waals surface area contributed by atoms with Gasteiger partial charge < -0.3 is 14.6 Å². The van der Waals surface area contributed by atoms with E-state index in [2.05, 4.69) is 49.4 Å². The van der Waals surface area contributed by atoms with Crippen molar-refractivity contribution < 1.29 is 4.42 Å². The lowest BCUT2D eigenvalue weighted by Gasteiger charge is -2.31. The maximum absolute atomic E-state index is 5.71. The van der Waals surface area contributed by atoms with E-state index in [0.29, 0.717) is 5.92 Å². The molecule has 0 amide bonds.